The number of carbonyl (C=O) groups is 2. The molecule has 0 saturated carbocycles. The quantitative estimate of drug-likeness (QED) is 0.692. The van der Waals surface area contributed by atoms with Crippen molar-refractivity contribution < 1.29 is 14.3 Å². The van der Waals surface area contributed by atoms with Crippen molar-refractivity contribution in [3.63, 3.8) is 0 Å². The van der Waals surface area contributed by atoms with E-state index in [1.54, 1.807) is 45.2 Å². The summed E-state index contributed by atoms with van der Waals surface area (Å²) in [6.07, 6.45) is 3.25. The first kappa shape index (κ1) is 20.4. The summed E-state index contributed by atoms with van der Waals surface area (Å²) in [6, 6.07) is 12.4. The summed E-state index contributed by atoms with van der Waals surface area (Å²) in [5.74, 6) is 0.0638. The smallest absolute Gasteiger partial charge is 0.408 e. The standard InChI is InChI=1S/C22H26N4O3/c1-22(2,3)29-21(28)24-17(20(27)25-19-11-7-8-12-23-19)13-15-14-26(4)18-10-6-5-9-16(15)18/h5-12,14,17H,13H2,1-4H3,(H,24,28)(H,23,25,27). The molecule has 0 saturated heterocycles. The van der Waals surface area contributed by atoms with E-state index in [9.17, 15) is 9.59 Å². The van der Waals surface area contributed by atoms with Crippen molar-refractivity contribution in [3.8, 4) is 0 Å². The summed E-state index contributed by atoms with van der Waals surface area (Å²) < 4.78 is 7.35. The maximum Gasteiger partial charge on any atom is 0.408 e. The van der Waals surface area contributed by atoms with Gasteiger partial charge in [0.15, 0.2) is 0 Å². The van der Waals surface area contributed by atoms with Crippen molar-refractivity contribution in [2.45, 2.75) is 38.8 Å². The van der Waals surface area contributed by atoms with Crippen LogP contribution in [0.5, 0.6) is 0 Å². The number of anilines is 1. The van der Waals surface area contributed by atoms with Gasteiger partial charge in [0.05, 0.1) is 0 Å². The number of amides is 2. The van der Waals surface area contributed by atoms with E-state index in [2.05, 4.69) is 15.6 Å². The van der Waals surface area contributed by atoms with Crippen LogP contribution >= 0.6 is 0 Å². The van der Waals surface area contributed by atoms with Crippen LogP contribution in [-0.4, -0.2) is 33.2 Å². The zero-order chi connectivity index (χ0) is 21.0. The van der Waals surface area contributed by atoms with Crippen molar-refractivity contribution in [2.24, 2.45) is 7.05 Å². The normalized spacial score (nSPS) is 12.4. The molecule has 7 nitrogen and oxygen atoms in total. The highest BCUT2D eigenvalue weighted by molar-refractivity contribution is 5.96. The van der Waals surface area contributed by atoms with Crippen LogP contribution in [0.1, 0.15) is 26.3 Å². The topological polar surface area (TPSA) is 85.2 Å². The number of nitrogens with one attached hydrogen (secondary N) is 2. The number of aryl methyl sites for hydroxylation is 1. The minimum absolute atomic E-state index is 0.319. The van der Waals surface area contributed by atoms with Crippen molar-refractivity contribution in [1.29, 1.82) is 0 Å². The Morgan fingerprint density at radius 2 is 1.86 bits per heavy atom. The minimum Gasteiger partial charge on any atom is -0.444 e. The number of carbonyl (C=O) groups excluding carboxylic acids is 2. The average Bonchev–Trinajstić information content (AvgIpc) is 2.96. The monoisotopic (exact) mass is 394 g/mol. The number of aromatic nitrogens is 2. The second kappa shape index (κ2) is 8.34. The molecule has 3 rings (SSSR count). The van der Waals surface area contributed by atoms with E-state index in [0.717, 1.165) is 16.5 Å². The van der Waals surface area contributed by atoms with E-state index in [0.29, 0.717) is 12.2 Å². The molecule has 0 aliphatic heterocycles. The molecule has 0 aliphatic rings. The van der Waals surface area contributed by atoms with Crippen LogP contribution in [0.4, 0.5) is 10.6 Å². The number of ether oxygens (including phenoxy) is 1. The summed E-state index contributed by atoms with van der Waals surface area (Å²) in [5.41, 5.74) is 1.36. The van der Waals surface area contributed by atoms with Crippen LogP contribution in [0.25, 0.3) is 10.9 Å². The second-order valence-corrected chi connectivity index (χ2v) is 7.89. The number of para-hydroxylation sites is 1. The molecular weight excluding hydrogens is 368 g/mol. The molecule has 0 fully saturated rings. The van der Waals surface area contributed by atoms with Crippen molar-refractivity contribution in [2.75, 3.05) is 5.32 Å². The first-order chi connectivity index (χ1) is 13.7. The molecule has 7 heteroatoms. The number of nitrogens with zero attached hydrogens (tertiary/aromatic N) is 2. The maximum atomic E-state index is 12.9. The average molecular weight is 394 g/mol. The van der Waals surface area contributed by atoms with Crippen molar-refractivity contribution in [3.05, 3.63) is 60.4 Å². The van der Waals surface area contributed by atoms with Crippen LogP contribution in [0.2, 0.25) is 0 Å². The molecule has 0 aliphatic carbocycles. The van der Waals surface area contributed by atoms with E-state index in [4.69, 9.17) is 4.74 Å². The Balaban J connectivity index is 1.85. The molecule has 1 unspecified atom stereocenters. The van der Waals surface area contributed by atoms with Gasteiger partial charge in [-0.2, -0.15) is 0 Å². The Bertz CT molecular complexity index is 1010. The number of rotatable bonds is 5. The predicted octanol–water partition coefficient (Wildman–Crippen LogP) is 3.65. The summed E-state index contributed by atoms with van der Waals surface area (Å²) >= 11 is 0. The summed E-state index contributed by atoms with van der Waals surface area (Å²) in [4.78, 5) is 29.4. The maximum absolute atomic E-state index is 12.9. The number of hydrogen-bond acceptors (Lipinski definition) is 4. The number of alkyl carbamates (subject to hydrolysis) is 1. The molecule has 1 atom stereocenters. The fourth-order valence-corrected chi connectivity index (χ4v) is 3.12. The third-order valence-electron chi connectivity index (χ3n) is 4.33. The van der Waals surface area contributed by atoms with Gasteiger partial charge in [0.2, 0.25) is 5.91 Å². The lowest BCUT2D eigenvalue weighted by Crippen LogP contribution is -2.47. The van der Waals surface area contributed by atoms with E-state index >= 15 is 0 Å². The van der Waals surface area contributed by atoms with Gasteiger partial charge < -0.3 is 19.9 Å². The van der Waals surface area contributed by atoms with Gasteiger partial charge in [0.1, 0.15) is 17.5 Å². The molecule has 152 valence electrons. The van der Waals surface area contributed by atoms with Gasteiger partial charge in [0.25, 0.3) is 0 Å². The van der Waals surface area contributed by atoms with Gasteiger partial charge in [-0.05, 0) is 44.5 Å². The number of benzene rings is 1. The van der Waals surface area contributed by atoms with Gasteiger partial charge in [-0.1, -0.05) is 24.3 Å². The SMILES string of the molecule is Cn1cc(CC(NC(=O)OC(C)(C)C)C(=O)Nc2ccccn2)c2ccccc21. The number of hydrogen-bond donors (Lipinski definition) is 2. The molecule has 1 aromatic carbocycles. The Morgan fingerprint density at radius 3 is 2.55 bits per heavy atom. The van der Waals surface area contributed by atoms with E-state index in [1.807, 2.05) is 42.1 Å². The summed E-state index contributed by atoms with van der Waals surface area (Å²) in [5, 5.41) is 6.50. The lowest BCUT2D eigenvalue weighted by Gasteiger charge is -2.23. The Labute approximate surface area is 170 Å². The highest BCUT2D eigenvalue weighted by atomic mass is 16.6. The molecule has 0 spiro atoms. The van der Waals surface area contributed by atoms with E-state index < -0.39 is 17.7 Å². The predicted molar refractivity (Wildman–Crippen MR) is 113 cm³/mol. The Hall–Kier alpha value is -3.35. The number of fused-ring (bicyclic) bond motifs is 1. The molecular formula is C22H26N4O3. The first-order valence-corrected chi connectivity index (χ1v) is 9.47. The fraction of sp³-hybridized carbons (Fsp3) is 0.318. The molecule has 2 N–H and O–H groups in total. The Morgan fingerprint density at radius 1 is 1.14 bits per heavy atom. The third kappa shape index (κ3) is 5.34. The largest absolute Gasteiger partial charge is 0.444 e. The van der Waals surface area contributed by atoms with Gasteiger partial charge in [-0.15, -0.1) is 0 Å². The number of pyridine rings is 1. The van der Waals surface area contributed by atoms with Crippen LogP contribution < -0.4 is 10.6 Å². The zero-order valence-electron chi connectivity index (χ0n) is 17.1. The van der Waals surface area contributed by atoms with Crippen LogP contribution in [0.15, 0.2) is 54.9 Å². The van der Waals surface area contributed by atoms with Crippen LogP contribution in [0, 0.1) is 0 Å². The van der Waals surface area contributed by atoms with Crippen molar-refractivity contribution >= 4 is 28.7 Å². The highest BCUT2D eigenvalue weighted by Crippen LogP contribution is 2.22. The van der Waals surface area contributed by atoms with Gasteiger partial charge in [-0.3, -0.25) is 4.79 Å². The summed E-state index contributed by atoms with van der Waals surface area (Å²) in [7, 11) is 1.95. The third-order valence-corrected chi connectivity index (χ3v) is 4.33. The van der Waals surface area contributed by atoms with Gasteiger partial charge in [-0.25, -0.2) is 9.78 Å². The van der Waals surface area contributed by atoms with Crippen LogP contribution in [-0.2, 0) is 23.0 Å². The minimum atomic E-state index is -0.822. The zero-order valence-corrected chi connectivity index (χ0v) is 17.1. The lowest BCUT2D eigenvalue weighted by atomic mass is 10.0. The van der Waals surface area contributed by atoms with Crippen molar-refractivity contribution in [1.82, 2.24) is 14.9 Å². The molecule has 2 heterocycles. The second-order valence-electron chi connectivity index (χ2n) is 7.89. The molecule has 29 heavy (non-hydrogen) atoms. The van der Waals surface area contributed by atoms with E-state index in [1.165, 1.54) is 0 Å². The first-order valence-electron chi connectivity index (χ1n) is 9.47. The summed E-state index contributed by atoms with van der Waals surface area (Å²) in [6.45, 7) is 5.33. The van der Waals surface area contributed by atoms with E-state index in [-0.39, 0.29) is 5.91 Å². The van der Waals surface area contributed by atoms with Gasteiger partial charge in [0, 0.05) is 36.8 Å². The molecule has 2 amide bonds. The van der Waals surface area contributed by atoms with Crippen LogP contribution in [0.3, 0.4) is 0 Å². The highest BCUT2D eigenvalue weighted by Gasteiger charge is 2.26. The molecule has 0 radical (unpaired) electrons. The molecule has 3 aromatic rings. The molecule has 2 aromatic heterocycles. The lowest BCUT2D eigenvalue weighted by molar-refractivity contribution is -0.118. The fourth-order valence-electron chi connectivity index (χ4n) is 3.12. The Kier molecular flexibility index (Phi) is 5.87. The molecule has 0 bridgehead atoms. The van der Waals surface area contributed by atoms with Gasteiger partial charge >= 0.3 is 6.09 Å².